The summed E-state index contributed by atoms with van der Waals surface area (Å²) < 4.78 is 4.60. The Labute approximate surface area is 87.9 Å². The minimum absolute atomic E-state index is 0.0436. The van der Waals surface area contributed by atoms with Crippen molar-refractivity contribution in [3.05, 3.63) is 12.2 Å². The maximum Gasteiger partial charge on any atom is 0.317 e. The highest BCUT2D eigenvalue weighted by Gasteiger charge is 2.24. The van der Waals surface area contributed by atoms with E-state index in [0.29, 0.717) is 12.4 Å². The van der Waals surface area contributed by atoms with E-state index in [-0.39, 0.29) is 12.1 Å². The van der Waals surface area contributed by atoms with Crippen LogP contribution in [0.1, 0.15) is 26.6 Å². The number of hydrogen-bond donors (Lipinski definition) is 1. The molecular weight excluding hydrogens is 198 g/mol. The number of hydrogen-bond acceptors (Lipinski definition) is 5. The molecule has 0 amide bonds. The van der Waals surface area contributed by atoms with Crippen molar-refractivity contribution in [3.8, 4) is 0 Å². The van der Waals surface area contributed by atoms with Crippen LogP contribution >= 0.6 is 0 Å². The summed E-state index contributed by atoms with van der Waals surface area (Å²) in [5, 5.41) is 12.4. The molecule has 0 aliphatic carbocycles. The molecule has 1 aromatic heterocycles. The Bertz CT molecular complexity index is 316. The van der Waals surface area contributed by atoms with Crippen LogP contribution in [0.3, 0.4) is 0 Å². The van der Waals surface area contributed by atoms with Crippen molar-refractivity contribution in [1.29, 1.82) is 0 Å². The van der Waals surface area contributed by atoms with Crippen LogP contribution in [0.15, 0.2) is 10.9 Å². The van der Waals surface area contributed by atoms with Gasteiger partial charge < -0.3 is 9.63 Å². The Kier molecular flexibility index (Phi) is 3.41. The van der Waals surface area contributed by atoms with E-state index in [1.165, 1.54) is 6.39 Å². The molecule has 0 saturated heterocycles. The van der Waals surface area contributed by atoms with Crippen molar-refractivity contribution < 1.29 is 14.4 Å². The van der Waals surface area contributed by atoms with Crippen molar-refractivity contribution in [3.63, 3.8) is 0 Å². The van der Waals surface area contributed by atoms with E-state index < -0.39 is 5.97 Å². The standard InChI is InChI=1S/C9H15N3O3/c1-9(2,3)12(5-8(13)14)4-7-10-6-15-11-7/h6H,4-5H2,1-3H3,(H,13,14). The molecule has 0 atom stereocenters. The van der Waals surface area contributed by atoms with E-state index in [0.717, 1.165) is 0 Å². The topological polar surface area (TPSA) is 79.5 Å². The molecule has 0 fully saturated rings. The van der Waals surface area contributed by atoms with Crippen LogP contribution in [-0.4, -0.2) is 38.2 Å². The summed E-state index contributed by atoms with van der Waals surface area (Å²) in [5.41, 5.74) is -0.251. The number of nitrogens with zero attached hydrogens (tertiary/aromatic N) is 3. The van der Waals surface area contributed by atoms with Gasteiger partial charge in [-0.1, -0.05) is 5.16 Å². The summed E-state index contributed by atoms with van der Waals surface area (Å²) in [6.45, 7) is 6.15. The lowest BCUT2D eigenvalue weighted by Crippen LogP contribution is -2.44. The minimum Gasteiger partial charge on any atom is -0.480 e. The lowest BCUT2D eigenvalue weighted by Gasteiger charge is -2.33. The second-order valence-electron chi connectivity index (χ2n) is 4.27. The number of rotatable bonds is 4. The number of carbonyl (C=O) groups is 1. The molecule has 0 aliphatic heterocycles. The van der Waals surface area contributed by atoms with E-state index in [9.17, 15) is 4.79 Å². The van der Waals surface area contributed by atoms with Crippen LogP contribution in [-0.2, 0) is 11.3 Å². The first-order valence-corrected chi connectivity index (χ1v) is 4.61. The first kappa shape index (κ1) is 11.6. The van der Waals surface area contributed by atoms with Crippen LogP contribution in [0.2, 0.25) is 0 Å². The Morgan fingerprint density at radius 2 is 2.27 bits per heavy atom. The van der Waals surface area contributed by atoms with Crippen molar-refractivity contribution in [1.82, 2.24) is 15.0 Å². The number of aromatic nitrogens is 2. The van der Waals surface area contributed by atoms with Gasteiger partial charge >= 0.3 is 5.97 Å². The minimum atomic E-state index is -0.867. The molecule has 1 aromatic rings. The average Bonchev–Trinajstić information content (AvgIpc) is 2.53. The normalized spacial score (nSPS) is 12.0. The van der Waals surface area contributed by atoms with E-state index in [4.69, 9.17) is 5.11 Å². The van der Waals surface area contributed by atoms with E-state index in [1.54, 1.807) is 4.90 Å². The number of carboxylic acids is 1. The van der Waals surface area contributed by atoms with Gasteiger partial charge in [0.1, 0.15) is 0 Å². The van der Waals surface area contributed by atoms with Crippen LogP contribution in [0.25, 0.3) is 0 Å². The van der Waals surface area contributed by atoms with Gasteiger partial charge in [0, 0.05) is 5.54 Å². The van der Waals surface area contributed by atoms with Gasteiger partial charge in [-0.25, -0.2) is 0 Å². The molecule has 0 aliphatic rings. The van der Waals surface area contributed by atoms with Gasteiger partial charge in [-0.15, -0.1) is 0 Å². The van der Waals surface area contributed by atoms with Gasteiger partial charge in [0.25, 0.3) is 0 Å². The molecule has 6 nitrogen and oxygen atoms in total. The first-order valence-electron chi connectivity index (χ1n) is 4.61. The van der Waals surface area contributed by atoms with E-state index >= 15 is 0 Å². The summed E-state index contributed by atoms with van der Waals surface area (Å²) in [6.07, 6.45) is 1.23. The Morgan fingerprint density at radius 3 is 2.67 bits per heavy atom. The zero-order chi connectivity index (χ0) is 11.5. The highest BCUT2D eigenvalue weighted by Crippen LogP contribution is 2.15. The number of aliphatic carboxylic acids is 1. The van der Waals surface area contributed by atoms with Crippen molar-refractivity contribution in [2.75, 3.05) is 6.54 Å². The Balaban J connectivity index is 2.69. The lowest BCUT2D eigenvalue weighted by atomic mass is 10.1. The van der Waals surface area contributed by atoms with Crippen LogP contribution < -0.4 is 0 Å². The second kappa shape index (κ2) is 4.39. The summed E-state index contributed by atoms with van der Waals surface area (Å²) in [6, 6.07) is 0. The molecule has 0 spiro atoms. The van der Waals surface area contributed by atoms with Gasteiger partial charge in [0.05, 0.1) is 13.1 Å². The van der Waals surface area contributed by atoms with Gasteiger partial charge in [-0.2, -0.15) is 4.98 Å². The molecule has 0 aromatic carbocycles. The predicted octanol–water partition coefficient (Wildman–Crippen LogP) is 0.755. The molecule has 1 N–H and O–H groups in total. The van der Waals surface area contributed by atoms with Gasteiger partial charge in [0.2, 0.25) is 6.39 Å². The van der Waals surface area contributed by atoms with Gasteiger partial charge in [-0.3, -0.25) is 9.69 Å². The SMILES string of the molecule is CC(C)(C)N(CC(=O)O)Cc1ncon1. The van der Waals surface area contributed by atoms with Crippen molar-refractivity contribution >= 4 is 5.97 Å². The van der Waals surface area contributed by atoms with Crippen LogP contribution in [0, 0.1) is 0 Å². The molecule has 0 saturated carbocycles. The third-order valence-corrected chi connectivity index (χ3v) is 2.01. The molecule has 6 heteroatoms. The fourth-order valence-corrected chi connectivity index (χ4v) is 1.13. The summed E-state index contributed by atoms with van der Waals surface area (Å²) in [4.78, 5) is 16.3. The summed E-state index contributed by atoms with van der Waals surface area (Å²) >= 11 is 0. The molecule has 1 heterocycles. The van der Waals surface area contributed by atoms with Crippen LogP contribution in [0.5, 0.6) is 0 Å². The zero-order valence-electron chi connectivity index (χ0n) is 9.10. The third-order valence-electron chi connectivity index (χ3n) is 2.01. The van der Waals surface area contributed by atoms with E-state index in [1.807, 2.05) is 20.8 Å². The lowest BCUT2D eigenvalue weighted by molar-refractivity contribution is -0.140. The predicted molar refractivity (Wildman–Crippen MR) is 52.1 cm³/mol. The highest BCUT2D eigenvalue weighted by molar-refractivity contribution is 5.69. The monoisotopic (exact) mass is 213 g/mol. The van der Waals surface area contributed by atoms with E-state index in [2.05, 4.69) is 14.7 Å². The maximum atomic E-state index is 10.7. The van der Waals surface area contributed by atoms with Crippen LogP contribution in [0.4, 0.5) is 0 Å². The Hall–Kier alpha value is -1.43. The first-order chi connectivity index (χ1) is 6.89. The zero-order valence-corrected chi connectivity index (χ0v) is 9.10. The van der Waals surface area contributed by atoms with Gasteiger partial charge in [-0.05, 0) is 20.8 Å². The molecular formula is C9H15N3O3. The molecule has 84 valence electrons. The second-order valence-corrected chi connectivity index (χ2v) is 4.27. The smallest absolute Gasteiger partial charge is 0.317 e. The molecule has 0 unspecified atom stereocenters. The molecule has 15 heavy (non-hydrogen) atoms. The largest absolute Gasteiger partial charge is 0.480 e. The molecule has 1 rings (SSSR count). The fraction of sp³-hybridized carbons (Fsp3) is 0.667. The summed E-state index contributed by atoms with van der Waals surface area (Å²) in [7, 11) is 0. The van der Waals surface area contributed by atoms with Crippen molar-refractivity contribution in [2.45, 2.75) is 32.9 Å². The van der Waals surface area contributed by atoms with Gasteiger partial charge in [0.15, 0.2) is 5.82 Å². The quantitative estimate of drug-likeness (QED) is 0.795. The molecule has 0 bridgehead atoms. The summed E-state index contributed by atoms with van der Waals surface area (Å²) in [5.74, 6) is -0.375. The molecule has 0 radical (unpaired) electrons. The van der Waals surface area contributed by atoms with Crippen molar-refractivity contribution in [2.24, 2.45) is 0 Å². The highest BCUT2D eigenvalue weighted by atomic mass is 16.5. The fourth-order valence-electron chi connectivity index (χ4n) is 1.13. The third kappa shape index (κ3) is 3.67. The Morgan fingerprint density at radius 1 is 1.60 bits per heavy atom. The average molecular weight is 213 g/mol. The number of carboxylic acid groups (broad SMARTS) is 1. The maximum absolute atomic E-state index is 10.7.